The second-order valence-corrected chi connectivity index (χ2v) is 1.98. The van der Waals surface area contributed by atoms with Crippen molar-refractivity contribution in [3.8, 4) is 11.5 Å². The predicted octanol–water partition coefficient (Wildman–Crippen LogP) is 1.16. The van der Waals surface area contributed by atoms with Gasteiger partial charge in [-0.2, -0.15) is 4.39 Å². The minimum atomic E-state index is -1.05. The van der Waals surface area contributed by atoms with Crippen molar-refractivity contribution < 1.29 is 18.5 Å². The molecule has 0 bridgehead atoms. The largest absolute Gasteiger partial charge is 0.369 e. The van der Waals surface area contributed by atoms with E-state index in [0.717, 1.165) is 6.07 Å². The summed E-state index contributed by atoms with van der Waals surface area (Å²) in [7, 11) is 0. The fourth-order valence-corrected chi connectivity index (χ4v) is 0.797. The predicted molar refractivity (Wildman–Crippen MR) is 30.7 cm³/mol. The lowest BCUT2D eigenvalue weighted by Gasteiger charge is -1.94. The van der Waals surface area contributed by atoms with Crippen LogP contribution in [0.15, 0.2) is 12.1 Å². The molecule has 1 aliphatic rings. The van der Waals surface area contributed by atoms with E-state index in [1.54, 1.807) is 0 Å². The van der Waals surface area contributed by atoms with Gasteiger partial charge in [-0.15, -0.1) is 0 Å². The zero-order valence-corrected chi connectivity index (χ0v) is 5.23. The van der Waals surface area contributed by atoms with Crippen LogP contribution in [0.4, 0.5) is 8.78 Å². The molecule has 5 heteroatoms. The Morgan fingerprint density at radius 1 is 1.18 bits per heavy atom. The molecule has 0 amide bonds. The van der Waals surface area contributed by atoms with Crippen LogP contribution in [0.1, 0.15) is 0 Å². The third-order valence-corrected chi connectivity index (χ3v) is 1.31. The third-order valence-electron chi connectivity index (χ3n) is 1.31. The molecule has 1 aliphatic heterocycles. The third kappa shape index (κ3) is 0.813. The summed E-state index contributed by atoms with van der Waals surface area (Å²) in [5.74, 6) is -2.11. The monoisotopic (exact) mass is 159 g/mol. The highest BCUT2D eigenvalue weighted by molar-refractivity contribution is 5.42. The molecule has 0 aromatic heterocycles. The number of halogens is 2. The van der Waals surface area contributed by atoms with Gasteiger partial charge in [-0.05, 0) is 12.1 Å². The lowest BCUT2D eigenvalue weighted by atomic mass is 10.3. The van der Waals surface area contributed by atoms with Crippen molar-refractivity contribution in [1.82, 2.24) is 5.64 Å². The molecule has 11 heavy (non-hydrogen) atoms. The molecular weight excluding hydrogens is 156 g/mol. The summed E-state index contributed by atoms with van der Waals surface area (Å²) in [6.45, 7) is 0. The molecule has 1 heterocycles. The summed E-state index contributed by atoms with van der Waals surface area (Å²) < 4.78 is 25.1. The van der Waals surface area contributed by atoms with Gasteiger partial charge in [-0.25, -0.2) is 4.39 Å². The summed E-state index contributed by atoms with van der Waals surface area (Å²) in [4.78, 5) is 8.98. The Kier molecular flexibility index (Phi) is 1.19. The molecule has 1 aromatic rings. The van der Waals surface area contributed by atoms with Crippen LogP contribution >= 0.6 is 0 Å². The molecule has 58 valence electrons. The molecule has 0 saturated heterocycles. The van der Waals surface area contributed by atoms with Crippen molar-refractivity contribution in [3.05, 3.63) is 23.8 Å². The Morgan fingerprint density at radius 3 is 2.82 bits per heavy atom. The van der Waals surface area contributed by atoms with Gasteiger partial charge >= 0.3 is 0 Å². The van der Waals surface area contributed by atoms with Gasteiger partial charge in [0.1, 0.15) is 0 Å². The van der Waals surface area contributed by atoms with Gasteiger partial charge < -0.3 is 9.68 Å². The number of rotatable bonds is 0. The molecule has 0 spiro atoms. The minimum Gasteiger partial charge on any atom is -0.369 e. The topological polar surface area (TPSA) is 30.5 Å². The number of benzene rings is 1. The number of fused-ring (bicyclic) bond motifs is 1. The van der Waals surface area contributed by atoms with E-state index in [2.05, 4.69) is 9.68 Å². The fraction of sp³-hybridized carbons (Fsp3) is 0. The van der Waals surface area contributed by atoms with Crippen LogP contribution in [0, 0.1) is 11.6 Å². The number of hydrogen-bond donors (Lipinski definition) is 1. The van der Waals surface area contributed by atoms with E-state index in [9.17, 15) is 8.78 Å². The molecule has 2 rings (SSSR count). The van der Waals surface area contributed by atoms with Gasteiger partial charge in [0, 0.05) is 5.64 Å². The SMILES string of the molecule is Fc1ccc2c(c1F)ONO2. The summed E-state index contributed by atoms with van der Waals surface area (Å²) in [6, 6.07) is 2.23. The maximum atomic E-state index is 12.7. The van der Waals surface area contributed by atoms with Gasteiger partial charge in [-0.3, -0.25) is 0 Å². The van der Waals surface area contributed by atoms with Crippen molar-refractivity contribution >= 4 is 0 Å². The van der Waals surface area contributed by atoms with Crippen LogP contribution in [-0.2, 0) is 0 Å². The normalized spacial score (nSPS) is 13.6. The van der Waals surface area contributed by atoms with E-state index in [1.165, 1.54) is 6.07 Å². The zero-order chi connectivity index (χ0) is 7.84. The van der Waals surface area contributed by atoms with Crippen molar-refractivity contribution in [2.45, 2.75) is 0 Å². The van der Waals surface area contributed by atoms with Crippen molar-refractivity contribution in [2.24, 2.45) is 0 Å². The molecular formula is C6H3F2NO2. The van der Waals surface area contributed by atoms with Crippen LogP contribution in [0.2, 0.25) is 0 Å². The fourth-order valence-electron chi connectivity index (χ4n) is 0.797. The molecule has 1 N–H and O–H groups in total. The standard InChI is InChI=1S/C6H3F2NO2/c7-3-1-2-4-6(5(3)8)11-9-10-4/h1-2,9H. The molecule has 0 fully saturated rings. The molecule has 1 aromatic carbocycles. The van der Waals surface area contributed by atoms with Gasteiger partial charge in [0.2, 0.25) is 11.6 Å². The highest BCUT2D eigenvalue weighted by Gasteiger charge is 2.21. The van der Waals surface area contributed by atoms with Gasteiger partial charge in [0.05, 0.1) is 0 Å². The first-order chi connectivity index (χ1) is 5.29. The van der Waals surface area contributed by atoms with Crippen LogP contribution in [0.5, 0.6) is 11.5 Å². The zero-order valence-electron chi connectivity index (χ0n) is 5.23. The highest BCUT2D eigenvalue weighted by Crippen LogP contribution is 2.33. The van der Waals surface area contributed by atoms with Crippen LogP contribution in [0.25, 0.3) is 0 Å². The minimum absolute atomic E-state index is 0.143. The Morgan fingerprint density at radius 2 is 2.00 bits per heavy atom. The molecule has 0 unspecified atom stereocenters. The first-order valence-electron chi connectivity index (χ1n) is 2.86. The van der Waals surface area contributed by atoms with Crippen LogP contribution in [0.3, 0.4) is 0 Å². The lowest BCUT2D eigenvalue weighted by Crippen LogP contribution is -2.14. The Bertz CT molecular complexity index is 303. The molecule has 0 atom stereocenters. The molecule has 3 nitrogen and oxygen atoms in total. The first kappa shape index (κ1) is 6.36. The second-order valence-electron chi connectivity index (χ2n) is 1.98. The number of hydrogen-bond acceptors (Lipinski definition) is 3. The summed E-state index contributed by atoms with van der Waals surface area (Å²) >= 11 is 0. The summed E-state index contributed by atoms with van der Waals surface area (Å²) in [6.07, 6.45) is 0. The van der Waals surface area contributed by atoms with Crippen LogP contribution < -0.4 is 15.3 Å². The molecule has 0 radical (unpaired) electrons. The quantitative estimate of drug-likeness (QED) is 0.616. The van der Waals surface area contributed by atoms with E-state index in [4.69, 9.17) is 0 Å². The van der Waals surface area contributed by atoms with Gasteiger partial charge in [0.25, 0.3) is 0 Å². The Labute approximate surface area is 60.4 Å². The second kappa shape index (κ2) is 2.06. The smallest absolute Gasteiger partial charge is 0.234 e. The van der Waals surface area contributed by atoms with Crippen molar-refractivity contribution in [1.29, 1.82) is 0 Å². The maximum absolute atomic E-state index is 12.7. The van der Waals surface area contributed by atoms with E-state index in [0.29, 0.717) is 0 Å². The van der Waals surface area contributed by atoms with E-state index in [1.807, 2.05) is 5.64 Å². The average molecular weight is 159 g/mol. The molecule has 0 aliphatic carbocycles. The maximum Gasteiger partial charge on any atom is 0.234 e. The Balaban J connectivity index is 2.62. The Hall–Kier alpha value is -1.36. The van der Waals surface area contributed by atoms with E-state index >= 15 is 0 Å². The average Bonchev–Trinajstić information content (AvgIpc) is 2.45. The van der Waals surface area contributed by atoms with Gasteiger partial charge in [-0.1, -0.05) is 0 Å². The van der Waals surface area contributed by atoms with E-state index < -0.39 is 11.6 Å². The van der Waals surface area contributed by atoms with Crippen LogP contribution in [-0.4, -0.2) is 0 Å². The lowest BCUT2D eigenvalue weighted by molar-refractivity contribution is 0.0239. The highest BCUT2D eigenvalue weighted by atomic mass is 19.2. The van der Waals surface area contributed by atoms with Crippen molar-refractivity contribution in [2.75, 3.05) is 0 Å². The summed E-state index contributed by atoms with van der Waals surface area (Å²) in [5.41, 5.74) is 1.95. The van der Waals surface area contributed by atoms with Gasteiger partial charge in [0.15, 0.2) is 11.6 Å². The summed E-state index contributed by atoms with van der Waals surface area (Å²) in [5, 5.41) is 0. The van der Waals surface area contributed by atoms with E-state index in [-0.39, 0.29) is 11.5 Å². The first-order valence-corrected chi connectivity index (χ1v) is 2.86. The molecule has 0 saturated carbocycles. The number of nitrogens with one attached hydrogen (secondary N) is 1. The van der Waals surface area contributed by atoms with Crippen molar-refractivity contribution in [3.63, 3.8) is 0 Å².